The molecule has 196 valence electrons. The minimum Gasteiger partial charge on any atom is -0.497 e. The molecule has 3 aromatic carbocycles. The lowest BCUT2D eigenvalue weighted by Crippen LogP contribution is -2.46. The second-order valence-electron chi connectivity index (χ2n) is 8.82. The van der Waals surface area contributed by atoms with Crippen molar-refractivity contribution in [3.8, 4) is 5.75 Å². The summed E-state index contributed by atoms with van der Waals surface area (Å²) in [6, 6.07) is 19.3. The van der Waals surface area contributed by atoms with Gasteiger partial charge in [-0.15, -0.1) is 0 Å². The van der Waals surface area contributed by atoms with Crippen LogP contribution in [0.25, 0.3) is 0 Å². The summed E-state index contributed by atoms with van der Waals surface area (Å²) in [5, 5.41) is 14.3. The molecule has 10 nitrogen and oxygen atoms in total. The third kappa shape index (κ3) is 5.49. The lowest BCUT2D eigenvalue weighted by Gasteiger charge is -2.31. The van der Waals surface area contributed by atoms with Crippen LogP contribution in [0.2, 0.25) is 0 Å². The topological polar surface area (TPSA) is 128 Å². The highest BCUT2D eigenvalue weighted by molar-refractivity contribution is 5.99. The second kappa shape index (κ2) is 11.5. The van der Waals surface area contributed by atoms with Crippen molar-refractivity contribution in [3.63, 3.8) is 0 Å². The molecule has 0 aliphatic carbocycles. The number of methoxy groups -OCH3 is 2. The number of nitrogens with zero attached hydrogens (tertiary/aromatic N) is 2. The number of nitro benzene ring substituents is 1. The number of benzene rings is 3. The first-order chi connectivity index (χ1) is 18.3. The molecule has 0 radical (unpaired) electrons. The maximum atomic E-state index is 13.8. The summed E-state index contributed by atoms with van der Waals surface area (Å²) < 4.78 is 10.2. The normalized spacial score (nSPS) is 18.5. The van der Waals surface area contributed by atoms with Crippen molar-refractivity contribution in [2.75, 3.05) is 14.2 Å². The second-order valence-corrected chi connectivity index (χ2v) is 8.82. The summed E-state index contributed by atoms with van der Waals surface area (Å²) in [6.45, 7) is 0.192. The van der Waals surface area contributed by atoms with Crippen molar-refractivity contribution in [2.45, 2.75) is 25.0 Å². The molecular weight excluding hydrogens is 490 g/mol. The average Bonchev–Trinajstić information content (AvgIpc) is 3.36. The molecule has 0 spiro atoms. The molecule has 3 aromatic rings. The Kier molecular flexibility index (Phi) is 8.00. The molecular formula is C28H27N3O7. The largest absolute Gasteiger partial charge is 0.497 e. The van der Waals surface area contributed by atoms with Crippen LogP contribution in [-0.2, 0) is 20.9 Å². The van der Waals surface area contributed by atoms with Gasteiger partial charge in [0.15, 0.2) is 0 Å². The Morgan fingerprint density at radius 3 is 2.34 bits per heavy atom. The van der Waals surface area contributed by atoms with Crippen LogP contribution >= 0.6 is 0 Å². The van der Waals surface area contributed by atoms with E-state index in [4.69, 9.17) is 9.47 Å². The van der Waals surface area contributed by atoms with Crippen molar-refractivity contribution in [2.24, 2.45) is 5.92 Å². The number of hydrogen-bond donors (Lipinski definition) is 1. The summed E-state index contributed by atoms with van der Waals surface area (Å²) in [5.41, 5.74) is 1.31. The Balaban J connectivity index is 1.72. The highest BCUT2D eigenvalue weighted by Gasteiger charge is 2.51. The number of likely N-dealkylation sites (tertiary alicyclic amines) is 1. The highest BCUT2D eigenvalue weighted by atomic mass is 16.6. The minimum absolute atomic E-state index is 0.00689. The predicted octanol–water partition coefficient (Wildman–Crippen LogP) is 3.66. The van der Waals surface area contributed by atoms with E-state index in [0.29, 0.717) is 16.9 Å². The van der Waals surface area contributed by atoms with Gasteiger partial charge in [-0.05, 0) is 41.8 Å². The Hall–Kier alpha value is -4.73. The van der Waals surface area contributed by atoms with Gasteiger partial charge >= 0.3 is 5.97 Å². The quantitative estimate of drug-likeness (QED) is 0.274. The molecule has 1 saturated heterocycles. The van der Waals surface area contributed by atoms with Gasteiger partial charge in [0.1, 0.15) is 11.8 Å². The summed E-state index contributed by atoms with van der Waals surface area (Å²) >= 11 is 0. The third-order valence-electron chi connectivity index (χ3n) is 6.60. The van der Waals surface area contributed by atoms with Crippen molar-refractivity contribution >= 4 is 23.5 Å². The fourth-order valence-corrected chi connectivity index (χ4v) is 4.74. The van der Waals surface area contributed by atoms with Gasteiger partial charge in [0, 0.05) is 24.2 Å². The van der Waals surface area contributed by atoms with Crippen LogP contribution in [0.15, 0.2) is 78.9 Å². The smallest absolute Gasteiger partial charge is 0.311 e. The maximum absolute atomic E-state index is 13.8. The van der Waals surface area contributed by atoms with Crippen LogP contribution in [0.5, 0.6) is 5.75 Å². The Morgan fingerprint density at radius 2 is 1.71 bits per heavy atom. The monoisotopic (exact) mass is 517 g/mol. The fourth-order valence-electron chi connectivity index (χ4n) is 4.74. The summed E-state index contributed by atoms with van der Waals surface area (Å²) in [7, 11) is 2.79. The Labute approximate surface area is 219 Å². The Morgan fingerprint density at radius 1 is 1.00 bits per heavy atom. The van der Waals surface area contributed by atoms with Gasteiger partial charge in [-0.3, -0.25) is 24.5 Å². The van der Waals surface area contributed by atoms with E-state index in [-0.39, 0.29) is 18.7 Å². The third-order valence-corrected chi connectivity index (χ3v) is 6.60. The van der Waals surface area contributed by atoms with E-state index >= 15 is 0 Å². The van der Waals surface area contributed by atoms with Crippen molar-refractivity contribution in [3.05, 3.63) is 106 Å². The number of hydrogen-bond acceptors (Lipinski definition) is 7. The molecule has 3 atom stereocenters. The molecule has 1 aliphatic rings. The summed E-state index contributed by atoms with van der Waals surface area (Å²) in [5.74, 6) is -1.77. The number of carbonyl (C=O) groups is 3. The van der Waals surface area contributed by atoms with Crippen LogP contribution in [-0.4, -0.2) is 47.9 Å². The van der Waals surface area contributed by atoms with E-state index in [1.165, 1.54) is 30.2 Å². The number of rotatable bonds is 8. The summed E-state index contributed by atoms with van der Waals surface area (Å²) in [4.78, 5) is 52.5. The molecule has 3 unspecified atom stereocenters. The first kappa shape index (κ1) is 26.3. The maximum Gasteiger partial charge on any atom is 0.311 e. The van der Waals surface area contributed by atoms with Crippen LogP contribution in [0.1, 0.15) is 33.9 Å². The number of nitro groups is 1. The molecule has 0 aromatic heterocycles. The standard InChI is InChI=1S/C28H27N3O7/c1-37-22-13-11-18(12-14-22)17-29-26(32)24-16-23(28(34)38-2)25(20-9-6-10-21(15-20)31(35)36)30(24)27(33)19-7-4-3-5-8-19/h3-15,23-25H,16-17H2,1-2H3,(H,29,32). The molecule has 38 heavy (non-hydrogen) atoms. The van der Waals surface area contributed by atoms with Gasteiger partial charge in [0.2, 0.25) is 5.91 Å². The van der Waals surface area contributed by atoms with Crippen molar-refractivity contribution in [1.29, 1.82) is 0 Å². The SMILES string of the molecule is COC(=O)C1CC(C(=O)NCc2ccc(OC)cc2)N(C(=O)c2ccccc2)C1c1cccc([N+](=O)[O-])c1. The first-order valence-electron chi connectivity index (χ1n) is 11.9. The lowest BCUT2D eigenvalue weighted by molar-refractivity contribution is -0.385. The molecule has 2 amide bonds. The van der Waals surface area contributed by atoms with Crippen LogP contribution in [0.3, 0.4) is 0 Å². The summed E-state index contributed by atoms with van der Waals surface area (Å²) in [6.07, 6.45) is -0.00689. The molecule has 1 N–H and O–H groups in total. The van der Waals surface area contributed by atoms with E-state index in [2.05, 4.69) is 5.32 Å². The van der Waals surface area contributed by atoms with Gasteiger partial charge < -0.3 is 19.7 Å². The van der Waals surface area contributed by atoms with E-state index in [0.717, 1.165) is 5.56 Å². The van der Waals surface area contributed by atoms with E-state index in [9.17, 15) is 24.5 Å². The van der Waals surface area contributed by atoms with E-state index < -0.39 is 40.7 Å². The number of carbonyl (C=O) groups excluding carboxylic acids is 3. The number of amides is 2. The molecule has 10 heteroatoms. The zero-order valence-corrected chi connectivity index (χ0v) is 20.9. The number of non-ortho nitro benzene ring substituents is 1. The van der Waals surface area contributed by atoms with Gasteiger partial charge in [-0.2, -0.15) is 0 Å². The van der Waals surface area contributed by atoms with Gasteiger partial charge in [-0.25, -0.2) is 0 Å². The van der Waals surface area contributed by atoms with Crippen LogP contribution in [0, 0.1) is 16.0 Å². The zero-order valence-electron chi connectivity index (χ0n) is 20.9. The lowest BCUT2D eigenvalue weighted by atomic mass is 9.92. The van der Waals surface area contributed by atoms with Crippen molar-refractivity contribution in [1.82, 2.24) is 10.2 Å². The first-order valence-corrected chi connectivity index (χ1v) is 11.9. The predicted molar refractivity (Wildman–Crippen MR) is 137 cm³/mol. The van der Waals surface area contributed by atoms with Gasteiger partial charge in [-0.1, -0.05) is 42.5 Å². The zero-order chi connectivity index (χ0) is 27.2. The Bertz CT molecular complexity index is 1330. The van der Waals surface area contributed by atoms with Gasteiger partial charge in [0.25, 0.3) is 11.6 Å². The van der Waals surface area contributed by atoms with Crippen LogP contribution in [0.4, 0.5) is 5.69 Å². The van der Waals surface area contributed by atoms with Crippen LogP contribution < -0.4 is 10.1 Å². The molecule has 1 heterocycles. The molecule has 4 rings (SSSR count). The number of nitrogens with one attached hydrogen (secondary N) is 1. The molecule has 0 bridgehead atoms. The number of ether oxygens (including phenoxy) is 2. The van der Waals surface area contributed by atoms with Gasteiger partial charge in [0.05, 0.1) is 31.1 Å². The average molecular weight is 518 g/mol. The minimum atomic E-state index is -1.02. The molecule has 1 aliphatic heterocycles. The fraction of sp³-hybridized carbons (Fsp3) is 0.250. The molecule has 0 saturated carbocycles. The van der Waals surface area contributed by atoms with Crippen molar-refractivity contribution < 1.29 is 28.8 Å². The highest BCUT2D eigenvalue weighted by Crippen LogP contribution is 2.43. The van der Waals surface area contributed by atoms with E-state index in [1.807, 2.05) is 12.1 Å². The number of esters is 1. The van der Waals surface area contributed by atoms with E-state index in [1.54, 1.807) is 55.6 Å². The molecule has 1 fully saturated rings.